The number of carbonyl (C=O) groups excluding carboxylic acids is 1. The van der Waals surface area contributed by atoms with Gasteiger partial charge < -0.3 is 0 Å². The van der Waals surface area contributed by atoms with E-state index in [1.165, 1.54) is 50.0 Å². The fourth-order valence-electron chi connectivity index (χ4n) is 2.36. The van der Waals surface area contributed by atoms with E-state index >= 15 is 0 Å². The minimum atomic E-state index is -3.49. The third-order valence-corrected chi connectivity index (χ3v) is 5.95. The van der Waals surface area contributed by atoms with Crippen molar-refractivity contribution < 1.29 is 13.2 Å². The number of allylic oxidation sites excluding steroid dienone is 1. The lowest BCUT2D eigenvalue weighted by molar-refractivity contribution is 0.104. The molecule has 0 saturated heterocycles. The van der Waals surface area contributed by atoms with Gasteiger partial charge >= 0.3 is 0 Å². The fourth-order valence-corrected chi connectivity index (χ4v) is 3.27. The average molecular weight is 372 g/mol. The van der Waals surface area contributed by atoms with Crippen molar-refractivity contribution >= 4 is 21.9 Å². The Labute approximate surface area is 156 Å². The van der Waals surface area contributed by atoms with E-state index in [1.54, 1.807) is 6.08 Å². The zero-order valence-electron chi connectivity index (χ0n) is 15.9. The molecule has 0 bridgehead atoms. The molecule has 0 amide bonds. The number of carbonyl (C=O) groups is 1. The molecule has 5 heteroatoms. The van der Waals surface area contributed by atoms with Crippen LogP contribution in [0.2, 0.25) is 0 Å². The Bertz CT molecular complexity index is 901. The second-order valence-corrected chi connectivity index (χ2v) is 9.53. The van der Waals surface area contributed by atoms with Crippen LogP contribution in [0.4, 0.5) is 0 Å². The normalized spacial score (nSPS) is 12.7. The summed E-state index contributed by atoms with van der Waals surface area (Å²) in [5, 5.41) is 0. The van der Waals surface area contributed by atoms with E-state index < -0.39 is 10.0 Å². The van der Waals surface area contributed by atoms with Crippen LogP contribution in [-0.4, -0.2) is 32.6 Å². The van der Waals surface area contributed by atoms with Gasteiger partial charge in [0.25, 0.3) is 0 Å². The molecule has 138 valence electrons. The highest BCUT2D eigenvalue weighted by Crippen LogP contribution is 2.22. The maximum Gasteiger partial charge on any atom is 0.242 e. The number of hydrogen-bond donors (Lipinski definition) is 0. The van der Waals surface area contributed by atoms with Crippen LogP contribution in [0.25, 0.3) is 6.08 Å². The molecule has 0 atom stereocenters. The molecule has 0 aliphatic rings. The van der Waals surface area contributed by atoms with Crippen molar-refractivity contribution in [2.45, 2.75) is 31.1 Å². The first-order chi connectivity index (χ1) is 12.0. The van der Waals surface area contributed by atoms with Crippen LogP contribution >= 0.6 is 0 Å². The first-order valence-corrected chi connectivity index (χ1v) is 9.81. The largest absolute Gasteiger partial charge is 0.289 e. The van der Waals surface area contributed by atoms with Gasteiger partial charge in [-0.25, -0.2) is 12.7 Å². The molecule has 0 aromatic heterocycles. The minimum Gasteiger partial charge on any atom is -0.289 e. The molecule has 0 unspecified atom stereocenters. The molecule has 0 N–H and O–H groups in total. The topological polar surface area (TPSA) is 54.5 Å². The summed E-state index contributed by atoms with van der Waals surface area (Å²) in [7, 11) is -0.538. The van der Waals surface area contributed by atoms with Gasteiger partial charge in [0.05, 0.1) is 4.90 Å². The second kappa shape index (κ2) is 7.56. The monoisotopic (exact) mass is 371 g/mol. The lowest BCUT2D eigenvalue weighted by Crippen LogP contribution is -2.22. The van der Waals surface area contributed by atoms with Gasteiger partial charge in [0, 0.05) is 19.7 Å². The van der Waals surface area contributed by atoms with E-state index in [0.717, 1.165) is 9.87 Å². The Kier molecular flexibility index (Phi) is 5.84. The minimum absolute atomic E-state index is 0.0900. The predicted octanol–water partition coefficient (Wildman–Crippen LogP) is 4.13. The highest BCUT2D eigenvalue weighted by Gasteiger charge is 2.17. The number of nitrogens with zero attached hydrogens (tertiary/aromatic N) is 1. The lowest BCUT2D eigenvalue weighted by Gasteiger charge is -2.18. The Balaban J connectivity index is 2.14. The lowest BCUT2D eigenvalue weighted by atomic mass is 9.87. The maximum absolute atomic E-state index is 12.3. The van der Waals surface area contributed by atoms with Crippen LogP contribution in [0.3, 0.4) is 0 Å². The highest BCUT2D eigenvalue weighted by atomic mass is 32.2. The number of hydrogen-bond acceptors (Lipinski definition) is 3. The Morgan fingerprint density at radius 2 is 1.46 bits per heavy atom. The van der Waals surface area contributed by atoms with Crippen molar-refractivity contribution in [1.82, 2.24) is 4.31 Å². The van der Waals surface area contributed by atoms with Gasteiger partial charge in [0.2, 0.25) is 10.0 Å². The van der Waals surface area contributed by atoms with Crippen molar-refractivity contribution in [2.75, 3.05) is 14.1 Å². The van der Waals surface area contributed by atoms with E-state index in [-0.39, 0.29) is 16.1 Å². The molecule has 0 spiro atoms. The molecule has 0 radical (unpaired) electrons. The summed E-state index contributed by atoms with van der Waals surface area (Å²) in [5.41, 5.74) is 2.72. The van der Waals surface area contributed by atoms with Gasteiger partial charge in [-0.2, -0.15) is 0 Å². The molecular weight excluding hydrogens is 346 g/mol. The smallest absolute Gasteiger partial charge is 0.242 e. The Morgan fingerprint density at radius 1 is 0.923 bits per heavy atom. The standard InChI is InChI=1S/C21H25NO3S/c1-21(2,3)18-11-6-16(7-12-18)8-15-20(23)17-9-13-19(14-10-17)26(24,25)22(4)5/h6-15H,1-5H3/b15-8+. The van der Waals surface area contributed by atoms with Crippen LogP contribution in [0.15, 0.2) is 59.5 Å². The van der Waals surface area contributed by atoms with Crippen molar-refractivity contribution in [1.29, 1.82) is 0 Å². The summed E-state index contributed by atoms with van der Waals surface area (Å²) >= 11 is 0. The van der Waals surface area contributed by atoms with Crippen LogP contribution in [0.5, 0.6) is 0 Å². The number of sulfonamides is 1. The first-order valence-electron chi connectivity index (χ1n) is 8.37. The SMILES string of the molecule is CN(C)S(=O)(=O)c1ccc(C(=O)/C=C/c2ccc(C(C)(C)C)cc2)cc1. The Hall–Kier alpha value is -2.24. The third kappa shape index (κ3) is 4.68. The number of benzene rings is 2. The van der Waals surface area contributed by atoms with E-state index in [2.05, 4.69) is 32.9 Å². The second-order valence-electron chi connectivity index (χ2n) is 7.38. The molecule has 0 saturated carbocycles. The predicted molar refractivity (Wildman–Crippen MR) is 106 cm³/mol. The van der Waals surface area contributed by atoms with Crippen LogP contribution < -0.4 is 0 Å². The molecule has 2 aromatic rings. The summed E-state index contributed by atoms with van der Waals surface area (Å²) in [6, 6.07) is 14.1. The number of ketones is 1. The zero-order chi connectivity index (χ0) is 19.5. The maximum atomic E-state index is 12.3. The van der Waals surface area contributed by atoms with E-state index in [1.807, 2.05) is 12.1 Å². The summed E-state index contributed by atoms with van der Waals surface area (Å²) in [5.74, 6) is -0.168. The molecule has 26 heavy (non-hydrogen) atoms. The van der Waals surface area contributed by atoms with Crippen LogP contribution in [-0.2, 0) is 15.4 Å². The van der Waals surface area contributed by atoms with Crippen molar-refractivity contribution in [3.63, 3.8) is 0 Å². The fraction of sp³-hybridized carbons (Fsp3) is 0.286. The quantitative estimate of drug-likeness (QED) is 0.586. The number of rotatable bonds is 5. The van der Waals surface area contributed by atoms with Gasteiger partial charge in [0.15, 0.2) is 5.78 Å². The highest BCUT2D eigenvalue weighted by molar-refractivity contribution is 7.89. The van der Waals surface area contributed by atoms with Crippen molar-refractivity contribution in [3.05, 3.63) is 71.3 Å². The molecular formula is C21H25NO3S. The summed E-state index contributed by atoms with van der Waals surface area (Å²) < 4.78 is 25.2. The van der Waals surface area contributed by atoms with Crippen LogP contribution in [0.1, 0.15) is 42.3 Å². The third-order valence-electron chi connectivity index (χ3n) is 4.12. The molecule has 2 aromatic carbocycles. The summed E-state index contributed by atoms with van der Waals surface area (Å²) in [4.78, 5) is 12.5. The van der Waals surface area contributed by atoms with E-state index in [4.69, 9.17) is 0 Å². The van der Waals surface area contributed by atoms with E-state index in [9.17, 15) is 13.2 Å². The van der Waals surface area contributed by atoms with Crippen molar-refractivity contribution in [3.8, 4) is 0 Å². The van der Waals surface area contributed by atoms with Gasteiger partial charge in [-0.1, -0.05) is 51.1 Å². The van der Waals surface area contributed by atoms with Crippen molar-refractivity contribution in [2.24, 2.45) is 0 Å². The average Bonchev–Trinajstić information content (AvgIpc) is 2.59. The summed E-state index contributed by atoms with van der Waals surface area (Å²) in [6.45, 7) is 6.46. The Morgan fingerprint density at radius 3 is 1.92 bits per heavy atom. The van der Waals surface area contributed by atoms with Gasteiger partial charge in [-0.15, -0.1) is 0 Å². The van der Waals surface area contributed by atoms with Gasteiger partial charge in [0.1, 0.15) is 0 Å². The molecule has 0 aliphatic heterocycles. The van der Waals surface area contributed by atoms with E-state index in [0.29, 0.717) is 5.56 Å². The van der Waals surface area contributed by atoms with Gasteiger partial charge in [-0.05, 0) is 46.9 Å². The molecule has 0 aliphatic carbocycles. The summed E-state index contributed by atoms with van der Waals surface area (Å²) in [6.07, 6.45) is 3.26. The van der Waals surface area contributed by atoms with Crippen LogP contribution in [0, 0.1) is 0 Å². The molecule has 0 heterocycles. The van der Waals surface area contributed by atoms with Gasteiger partial charge in [-0.3, -0.25) is 4.79 Å². The molecule has 0 fully saturated rings. The molecule has 2 rings (SSSR count). The first kappa shape index (κ1) is 20.1. The zero-order valence-corrected chi connectivity index (χ0v) is 16.7. The molecule has 4 nitrogen and oxygen atoms in total.